The number of fused-ring (bicyclic) bond motifs is 1. The van der Waals surface area contributed by atoms with Crippen LogP contribution in [0, 0.1) is 19.3 Å². The number of nitrogens with zero attached hydrogens (tertiary/aromatic N) is 2. The minimum Gasteiger partial charge on any atom is -0.340 e. The second-order valence-electron chi connectivity index (χ2n) is 6.56. The van der Waals surface area contributed by atoms with Crippen LogP contribution in [0.2, 0.25) is 0 Å². The van der Waals surface area contributed by atoms with Crippen LogP contribution in [0.4, 0.5) is 4.79 Å². The molecule has 0 aliphatic carbocycles. The molecule has 0 saturated carbocycles. The maximum absolute atomic E-state index is 12.6. The number of para-hydroxylation sites is 1. The normalized spacial score (nSPS) is 15.6. The number of imide groups is 1. The van der Waals surface area contributed by atoms with Gasteiger partial charge in [-0.25, -0.2) is 0 Å². The number of aromatic nitrogens is 1. The van der Waals surface area contributed by atoms with Gasteiger partial charge in [-0.05, 0) is 36.4 Å². The molecule has 1 aromatic heterocycles. The van der Waals surface area contributed by atoms with Crippen LogP contribution in [0.3, 0.4) is 0 Å². The van der Waals surface area contributed by atoms with E-state index >= 15 is 0 Å². The molecule has 138 valence electrons. The summed E-state index contributed by atoms with van der Waals surface area (Å²) in [5.74, 6) is 2.04. The smallest absolute Gasteiger partial charge is 0.294 e. The summed E-state index contributed by atoms with van der Waals surface area (Å²) < 4.78 is 2.24. The Morgan fingerprint density at radius 2 is 1.79 bits per heavy atom. The summed E-state index contributed by atoms with van der Waals surface area (Å²) >= 11 is 0.941. The maximum atomic E-state index is 12.6. The van der Waals surface area contributed by atoms with Gasteiger partial charge in [0.1, 0.15) is 0 Å². The van der Waals surface area contributed by atoms with Gasteiger partial charge in [-0.2, -0.15) is 0 Å². The zero-order chi connectivity index (χ0) is 19.7. The lowest BCUT2D eigenvalue weighted by atomic mass is 10.1. The lowest BCUT2D eigenvalue weighted by Crippen LogP contribution is -2.28. The number of carbonyl (C=O) groups is 2. The van der Waals surface area contributed by atoms with Gasteiger partial charge in [0, 0.05) is 28.7 Å². The highest BCUT2D eigenvalue weighted by Crippen LogP contribution is 2.35. The van der Waals surface area contributed by atoms with E-state index in [1.54, 1.807) is 0 Å². The Kier molecular flexibility index (Phi) is 4.81. The molecule has 4 nitrogen and oxygen atoms in total. The molecule has 2 aromatic carbocycles. The van der Waals surface area contributed by atoms with Crippen molar-refractivity contribution in [2.45, 2.75) is 13.5 Å². The van der Waals surface area contributed by atoms with Crippen LogP contribution < -0.4 is 0 Å². The van der Waals surface area contributed by atoms with Gasteiger partial charge in [0.25, 0.3) is 11.1 Å². The first-order chi connectivity index (χ1) is 13.6. The Bertz CT molecular complexity index is 1150. The van der Waals surface area contributed by atoms with Crippen molar-refractivity contribution in [1.82, 2.24) is 9.47 Å². The van der Waals surface area contributed by atoms with E-state index in [1.807, 2.05) is 49.4 Å². The summed E-state index contributed by atoms with van der Waals surface area (Å²) in [6.45, 7) is 2.77. The molecule has 28 heavy (non-hydrogen) atoms. The van der Waals surface area contributed by atoms with Gasteiger partial charge in [-0.3, -0.25) is 14.5 Å². The minimum absolute atomic E-state index is 0.00322. The van der Waals surface area contributed by atoms with E-state index in [0.29, 0.717) is 4.91 Å². The SMILES string of the molecule is C#CCN1C(=O)SC(=Cc2c(C)n(Cc3ccccc3)c3ccccc23)C1=O. The van der Waals surface area contributed by atoms with Crippen molar-refractivity contribution in [3.63, 3.8) is 0 Å². The third-order valence-electron chi connectivity index (χ3n) is 4.86. The fourth-order valence-electron chi connectivity index (χ4n) is 3.47. The summed E-state index contributed by atoms with van der Waals surface area (Å²) in [4.78, 5) is 26.2. The molecule has 1 fully saturated rings. The van der Waals surface area contributed by atoms with Crippen LogP contribution >= 0.6 is 11.8 Å². The molecule has 0 radical (unpaired) electrons. The summed E-state index contributed by atoms with van der Waals surface area (Å²) in [6, 6.07) is 18.4. The van der Waals surface area contributed by atoms with Gasteiger partial charge < -0.3 is 4.57 Å². The zero-order valence-electron chi connectivity index (χ0n) is 15.4. The number of rotatable bonds is 4. The molecular formula is C23H18N2O2S. The summed E-state index contributed by atoms with van der Waals surface area (Å²) in [7, 11) is 0. The minimum atomic E-state index is -0.327. The maximum Gasteiger partial charge on any atom is 0.294 e. The van der Waals surface area contributed by atoms with Crippen molar-refractivity contribution >= 4 is 39.9 Å². The monoisotopic (exact) mass is 386 g/mol. The largest absolute Gasteiger partial charge is 0.340 e. The van der Waals surface area contributed by atoms with E-state index in [0.717, 1.165) is 45.4 Å². The molecule has 3 aromatic rings. The highest BCUT2D eigenvalue weighted by molar-refractivity contribution is 8.18. The Balaban J connectivity index is 1.81. The van der Waals surface area contributed by atoms with Crippen molar-refractivity contribution in [3.8, 4) is 12.3 Å². The molecule has 0 atom stereocenters. The predicted octanol–water partition coefficient (Wildman–Crippen LogP) is 4.67. The molecule has 0 spiro atoms. The number of carbonyl (C=O) groups excluding carboxylic acids is 2. The van der Waals surface area contributed by atoms with Crippen molar-refractivity contribution < 1.29 is 9.59 Å². The van der Waals surface area contributed by atoms with Crippen LogP contribution in [0.25, 0.3) is 17.0 Å². The molecule has 1 saturated heterocycles. The van der Waals surface area contributed by atoms with E-state index < -0.39 is 0 Å². The number of benzene rings is 2. The van der Waals surface area contributed by atoms with Crippen molar-refractivity contribution in [2.24, 2.45) is 0 Å². The number of amides is 2. The number of hydrogen-bond donors (Lipinski definition) is 0. The molecule has 2 heterocycles. The van der Waals surface area contributed by atoms with Gasteiger partial charge in [0.2, 0.25) is 0 Å². The van der Waals surface area contributed by atoms with E-state index in [9.17, 15) is 9.59 Å². The Labute approximate surface area is 167 Å². The van der Waals surface area contributed by atoms with Crippen LogP contribution in [0.1, 0.15) is 16.8 Å². The van der Waals surface area contributed by atoms with Crippen molar-refractivity contribution in [2.75, 3.05) is 6.54 Å². The zero-order valence-corrected chi connectivity index (χ0v) is 16.2. The molecule has 1 aliphatic rings. The van der Waals surface area contributed by atoms with E-state index in [2.05, 4.69) is 28.7 Å². The lowest BCUT2D eigenvalue weighted by Gasteiger charge is -2.09. The molecular weight excluding hydrogens is 368 g/mol. The van der Waals surface area contributed by atoms with Crippen LogP contribution in [-0.2, 0) is 11.3 Å². The molecule has 4 rings (SSSR count). The molecule has 1 aliphatic heterocycles. The van der Waals surface area contributed by atoms with Gasteiger partial charge in [0.15, 0.2) is 0 Å². The molecule has 0 bridgehead atoms. The van der Waals surface area contributed by atoms with Gasteiger partial charge in [-0.15, -0.1) is 6.42 Å². The Hall–Kier alpha value is -3.23. The van der Waals surface area contributed by atoms with Crippen LogP contribution in [0.5, 0.6) is 0 Å². The average Bonchev–Trinajstić information content (AvgIpc) is 3.12. The standard InChI is InChI=1S/C23H18N2O2S/c1-3-13-24-22(26)21(28-23(24)27)14-19-16(2)25(15-17-9-5-4-6-10-17)20-12-8-7-11-18(19)20/h1,4-12,14H,13,15H2,2H3. The van der Waals surface area contributed by atoms with Gasteiger partial charge in [-0.1, -0.05) is 54.5 Å². The van der Waals surface area contributed by atoms with E-state index in [1.165, 1.54) is 5.56 Å². The highest BCUT2D eigenvalue weighted by atomic mass is 32.2. The Morgan fingerprint density at radius 3 is 2.54 bits per heavy atom. The first-order valence-electron chi connectivity index (χ1n) is 8.90. The molecule has 2 amide bonds. The third-order valence-corrected chi connectivity index (χ3v) is 5.77. The fourth-order valence-corrected chi connectivity index (χ4v) is 4.29. The van der Waals surface area contributed by atoms with Crippen LogP contribution in [0.15, 0.2) is 59.5 Å². The molecule has 0 unspecified atom stereocenters. The van der Waals surface area contributed by atoms with Gasteiger partial charge in [0.05, 0.1) is 11.4 Å². The topological polar surface area (TPSA) is 42.3 Å². The number of terminal acetylenes is 1. The first kappa shape index (κ1) is 18.1. The van der Waals surface area contributed by atoms with Gasteiger partial charge >= 0.3 is 0 Å². The van der Waals surface area contributed by atoms with E-state index in [4.69, 9.17) is 6.42 Å². The molecule has 0 N–H and O–H groups in total. The lowest BCUT2D eigenvalue weighted by molar-refractivity contribution is -0.122. The second kappa shape index (κ2) is 7.41. The highest BCUT2D eigenvalue weighted by Gasteiger charge is 2.34. The Morgan fingerprint density at radius 1 is 1.07 bits per heavy atom. The summed E-state index contributed by atoms with van der Waals surface area (Å²) in [6.07, 6.45) is 7.10. The van der Waals surface area contributed by atoms with Crippen LogP contribution in [-0.4, -0.2) is 27.2 Å². The fraction of sp³-hybridized carbons (Fsp3) is 0.130. The third kappa shape index (κ3) is 3.12. The number of hydrogen-bond acceptors (Lipinski definition) is 3. The second-order valence-corrected chi connectivity index (χ2v) is 7.55. The summed E-state index contributed by atoms with van der Waals surface area (Å²) in [5.41, 5.74) is 4.30. The van der Waals surface area contributed by atoms with E-state index in [-0.39, 0.29) is 17.7 Å². The molecule has 5 heteroatoms. The first-order valence-corrected chi connectivity index (χ1v) is 9.72. The van der Waals surface area contributed by atoms with Crippen molar-refractivity contribution in [3.05, 3.63) is 76.3 Å². The average molecular weight is 386 g/mol. The quantitative estimate of drug-likeness (QED) is 0.483. The van der Waals surface area contributed by atoms with Crippen molar-refractivity contribution in [1.29, 1.82) is 0 Å². The predicted molar refractivity (Wildman–Crippen MR) is 114 cm³/mol. The summed E-state index contributed by atoms with van der Waals surface area (Å²) in [5, 5.41) is 0.736. The number of thioether (sulfide) groups is 1.